The highest BCUT2D eigenvalue weighted by Gasteiger charge is 2.25. The summed E-state index contributed by atoms with van der Waals surface area (Å²) >= 11 is 0. The van der Waals surface area contributed by atoms with Gasteiger partial charge in [-0.2, -0.15) is 0 Å². The molecule has 1 aromatic heterocycles. The van der Waals surface area contributed by atoms with Crippen molar-refractivity contribution < 1.29 is 9.52 Å². The minimum Gasteiger partial charge on any atom is -0.466 e. The van der Waals surface area contributed by atoms with Gasteiger partial charge >= 0.3 is 0 Å². The summed E-state index contributed by atoms with van der Waals surface area (Å²) in [6.45, 7) is 3.99. The maximum atomic E-state index is 10.1. The van der Waals surface area contributed by atoms with Gasteiger partial charge in [-0.05, 0) is 31.9 Å². The lowest BCUT2D eigenvalue weighted by Crippen LogP contribution is -2.20. The molecule has 0 amide bonds. The van der Waals surface area contributed by atoms with Gasteiger partial charge in [0.2, 0.25) is 0 Å². The van der Waals surface area contributed by atoms with Gasteiger partial charge < -0.3 is 9.52 Å². The van der Waals surface area contributed by atoms with E-state index in [-0.39, 0.29) is 0 Å². The third-order valence-electron chi connectivity index (χ3n) is 2.61. The zero-order valence-corrected chi connectivity index (χ0v) is 9.70. The standard InChI is InChI=1S/C13H21O2/c1-3-4-5-6-7-10-13(2,14)12-9-8-11-15-12/h7-9,11,14H,3-6,10H2,1-2H3. The van der Waals surface area contributed by atoms with E-state index in [9.17, 15) is 5.11 Å². The fraction of sp³-hybridized carbons (Fsp3) is 0.615. The van der Waals surface area contributed by atoms with E-state index in [1.165, 1.54) is 19.3 Å². The molecule has 85 valence electrons. The molecule has 1 N–H and O–H groups in total. The van der Waals surface area contributed by atoms with Gasteiger partial charge in [-0.3, -0.25) is 0 Å². The van der Waals surface area contributed by atoms with Crippen LogP contribution in [0.3, 0.4) is 0 Å². The Bertz CT molecular complexity index is 250. The van der Waals surface area contributed by atoms with E-state index in [0.29, 0.717) is 12.2 Å². The first kappa shape index (κ1) is 12.3. The van der Waals surface area contributed by atoms with Crippen LogP contribution in [-0.2, 0) is 5.60 Å². The Kier molecular flexibility index (Phi) is 4.89. The second-order valence-corrected chi connectivity index (χ2v) is 4.24. The number of hydrogen-bond donors (Lipinski definition) is 1. The Hall–Kier alpha value is -0.760. The molecule has 1 unspecified atom stereocenters. The zero-order chi connectivity index (χ0) is 11.1. The van der Waals surface area contributed by atoms with Gasteiger partial charge in [0, 0.05) is 0 Å². The Labute approximate surface area is 92.3 Å². The summed E-state index contributed by atoms with van der Waals surface area (Å²) < 4.78 is 5.21. The van der Waals surface area contributed by atoms with Crippen molar-refractivity contribution in [2.75, 3.05) is 0 Å². The maximum Gasteiger partial charge on any atom is 0.135 e. The lowest BCUT2D eigenvalue weighted by atomic mass is 9.95. The summed E-state index contributed by atoms with van der Waals surface area (Å²) in [5.74, 6) is 0.647. The first-order chi connectivity index (χ1) is 7.17. The number of hydrogen-bond acceptors (Lipinski definition) is 2. The van der Waals surface area contributed by atoms with E-state index in [0.717, 1.165) is 6.42 Å². The molecule has 1 atom stereocenters. The van der Waals surface area contributed by atoms with E-state index in [2.05, 4.69) is 13.3 Å². The molecule has 0 spiro atoms. The largest absolute Gasteiger partial charge is 0.466 e. The summed E-state index contributed by atoms with van der Waals surface area (Å²) in [4.78, 5) is 0. The Morgan fingerprint density at radius 1 is 1.47 bits per heavy atom. The van der Waals surface area contributed by atoms with Crippen LogP contribution in [0.25, 0.3) is 0 Å². The molecule has 2 heteroatoms. The Morgan fingerprint density at radius 2 is 2.27 bits per heavy atom. The number of rotatable bonds is 7. The van der Waals surface area contributed by atoms with Crippen molar-refractivity contribution in [1.29, 1.82) is 0 Å². The molecule has 15 heavy (non-hydrogen) atoms. The van der Waals surface area contributed by atoms with Crippen molar-refractivity contribution in [2.45, 2.75) is 51.6 Å². The van der Waals surface area contributed by atoms with Gasteiger partial charge in [-0.1, -0.05) is 32.6 Å². The van der Waals surface area contributed by atoms with Gasteiger partial charge in [-0.15, -0.1) is 0 Å². The minimum atomic E-state index is -0.851. The van der Waals surface area contributed by atoms with E-state index < -0.39 is 5.60 Å². The molecule has 0 aliphatic carbocycles. The van der Waals surface area contributed by atoms with Gasteiger partial charge in [-0.25, -0.2) is 0 Å². The molecule has 0 bridgehead atoms. The highest BCUT2D eigenvalue weighted by atomic mass is 16.4. The predicted octanol–water partition coefficient (Wildman–Crippen LogP) is 3.66. The molecule has 0 saturated carbocycles. The van der Waals surface area contributed by atoms with Crippen LogP contribution in [0.1, 0.15) is 51.7 Å². The summed E-state index contributed by atoms with van der Waals surface area (Å²) in [7, 11) is 0. The van der Waals surface area contributed by atoms with Crippen LogP contribution in [0, 0.1) is 6.42 Å². The van der Waals surface area contributed by atoms with E-state index in [4.69, 9.17) is 4.42 Å². The lowest BCUT2D eigenvalue weighted by Gasteiger charge is -2.20. The number of furan rings is 1. The number of unbranched alkanes of at least 4 members (excludes halogenated alkanes) is 4. The van der Waals surface area contributed by atoms with Crippen molar-refractivity contribution in [3.05, 3.63) is 30.6 Å². The van der Waals surface area contributed by atoms with Crippen molar-refractivity contribution >= 4 is 0 Å². The summed E-state index contributed by atoms with van der Waals surface area (Å²) in [6.07, 6.45) is 9.19. The van der Waals surface area contributed by atoms with Crippen LogP contribution >= 0.6 is 0 Å². The van der Waals surface area contributed by atoms with Crippen LogP contribution < -0.4 is 0 Å². The first-order valence-electron chi connectivity index (χ1n) is 5.75. The van der Waals surface area contributed by atoms with Crippen LogP contribution in [0.5, 0.6) is 0 Å². The van der Waals surface area contributed by atoms with Crippen molar-refractivity contribution in [1.82, 2.24) is 0 Å². The number of aliphatic hydroxyl groups is 1. The fourth-order valence-electron chi connectivity index (χ4n) is 1.61. The highest BCUT2D eigenvalue weighted by molar-refractivity contribution is 5.08. The van der Waals surface area contributed by atoms with Crippen molar-refractivity contribution in [2.24, 2.45) is 0 Å². The van der Waals surface area contributed by atoms with Crippen LogP contribution in [0.4, 0.5) is 0 Å². The maximum absolute atomic E-state index is 10.1. The van der Waals surface area contributed by atoms with Gasteiger partial charge in [0.05, 0.1) is 6.26 Å². The molecular weight excluding hydrogens is 188 g/mol. The third kappa shape index (κ3) is 4.08. The van der Waals surface area contributed by atoms with Crippen LogP contribution in [-0.4, -0.2) is 5.11 Å². The second-order valence-electron chi connectivity index (χ2n) is 4.24. The summed E-state index contributed by atoms with van der Waals surface area (Å²) in [5.41, 5.74) is -0.851. The SMILES string of the molecule is CCCCC[CH]CC(C)(O)c1ccco1. The Morgan fingerprint density at radius 3 is 2.87 bits per heavy atom. The quantitative estimate of drug-likeness (QED) is 0.695. The molecule has 0 saturated heterocycles. The zero-order valence-electron chi connectivity index (χ0n) is 9.70. The molecule has 0 aliphatic rings. The molecule has 0 aromatic carbocycles. The van der Waals surface area contributed by atoms with Crippen LogP contribution in [0.15, 0.2) is 22.8 Å². The molecule has 0 fully saturated rings. The first-order valence-corrected chi connectivity index (χ1v) is 5.75. The van der Waals surface area contributed by atoms with Gasteiger partial charge in [0.15, 0.2) is 0 Å². The van der Waals surface area contributed by atoms with Crippen molar-refractivity contribution in [3.63, 3.8) is 0 Å². The second kappa shape index (κ2) is 5.96. The monoisotopic (exact) mass is 209 g/mol. The molecular formula is C13H21O2. The van der Waals surface area contributed by atoms with E-state index in [1.807, 2.05) is 6.07 Å². The summed E-state index contributed by atoms with van der Waals surface area (Å²) in [6, 6.07) is 3.63. The molecule has 2 nitrogen and oxygen atoms in total. The average molecular weight is 209 g/mol. The van der Waals surface area contributed by atoms with Crippen molar-refractivity contribution in [3.8, 4) is 0 Å². The van der Waals surface area contributed by atoms with Gasteiger partial charge in [0.25, 0.3) is 0 Å². The smallest absolute Gasteiger partial charge is 0.135 e. The molecule has 1 heterocycles. The normalized spacial score (nSPS) is 15.1. The van der Waals surface area contributed by atoms with Gasteiger partial charge in [0.1, 0.15) is 11.4 Å². The average Bonchev–Trinajstić information content (AvgIpc) is 2.70. The summed E-state index contributed by atoms with van der Waals surface area (Å²) in [5, 5.41) is 10.1. The predicted molar refractivity (Wildman–Crippen MR) is 61.3 cm³/mol. The van der Waals surface area contributed by atoms with Crippen LogP contribution in [0.2, 0.25) is 0 Å². The molecule has 1 radical (unpaired) electrons. The molecule has 1 aromatic rings. The third-order valence-corrected chi connectivity index (χ3v) is 2.61. The van der Waals surface area contributed by atoms with E-state index in [1.54, 1.807) is 19.3 Å². The Balaban J connectivity index is 2.25. The minimum absolute atomic E-state index is 0.647. The lowest BCUT2D eigenvalue weighted by molar-refractivity contribution is 0.0326. The highest BCUT2D eigenvalue weighted by Crippen LogP contribution is 2.26. The fourth-order valence-corrected chi connectivity index (χ4v) is 1.61. The molecule has 0 aliphatic heterocycles. The molecule has 1 rings (SSSR count). The topological polar surface area (TPSA) is 33.4 Å². The van der Waals surface area contributed by atoms with E-state index >= 15 is 0 Å².